The molecule has 0 aliphatic carbocycles. The standard InChI is InChI=1S/C9H4Cl2N4O/c10-7-3-12-1-5(14-7)9(16)6-2-13-4-8(11)15-6/h1-4H. The quantitative estimate of drug-likeness (QED) is 0.765. The molecule has 2 aromatic rings. The minimum atomic E-state index is -0.426. The van der Waals surface area contributed by atoms with Crippen LogP contribution in [-0.4, -0.2) is 25.7 Å². The van der Waals surface area contributed by atoms with Gasteiger partial charge in [-0.3, -0.25) is 14.8 Å². The van der Waals surface area contributed by atoms with Gasteiger partial charge in [-0.1, -0.05) is 23.2 Å². The summed E-state index contributed by atoms with van der Waals surface area (Å²) in [5.74, 6) is -0.426. The lowest BCUT2D eigenvalue weighted by Gasteiger charge is -1.99. The first kappa shape index (κ1) is 10.9. The third kappa shape index (κ3) is 2.32. The average Bonchev–Trinajstić information content (AvgIpc) is 2.28. The van der Waals surface area contributed by atoms with E-state index in [0.717, 1.165) is 0 Å². The Labute approximate surface area is 101 Å². The van der Waals surface area contributed by atoms with Crippen molar-refractivity contribution in [3.8, 4) is 0 Å². The second kappa shape index (κ2) is 4.51. The van der Waals surface area contributed by atoms with Crippen molar-refractivity contribution < 1.29 is 4.79 Å². The predicted molar refractivity (Wildman–Crippen MR) is 57.5 cm³/mol. The van der Waals surface area contributed by atoms with Gasteiger partial charge in [-0.15, -0.1) is 0 Å². The van der Waals surface area contributed by atoms with Crippen LogP contribution in [0.5, 0.6) is 0 Å². The summed E-state index contributed by atoms with van der Waals surface area (Å²) in [7, 11) is 0. The van der Waals surface area contributed by atoms with Gasteiger partial charge in [0.1, 0.15) is 21.7 Å². The van der Waals surface area contributed by atoms with Crippen LogP contribution in [0.1, 0.15) is 16.2 Å². The van der Waals surface area contributed by atoms with Crippen molar-refractivity contribution in [2.75, 3.05) is 0 Å². The zero-order chi connectivity index (χ0) is 11.5. The van der Waals surface area contributed by atoms with Crippen molar-refractivity contribution in [2.24, 2.45) is 0 Å². The Bertz CT molecular complexity index is 499. The van der Waals surface area contributed by atoms with E-state index in [2.05, 4.69) is 19.9 Å². The van der Waals surface area contributed by atoms with Crippen LogP contribution >= 0.6 is 23.2 Å². The van der Waals surface area contributed by atoms with Crippen molar-refractivity contribution in [3.05, 3.63) is 46.5 Å². The molecule has 0 amide bonds. The van der Waals surface area contributed by atoms with Crippen LogP contribution in [-0.2, 0) is 0 Å². The number of ketones is 1. The predicted octanol–water partition coefficient (Wildman–Crippen LogP) is 1.80. The molecule has 0 atom stereocenters. The normalized spacial score (nSPS) is 10.1. The number of hydrogen-bond acceptors (Lipinski definition) is 5. The van der Waals surface area contributed by atoms with Crippen molar-refractivity contribution in [3.63, 3.8) is 0 Å². The minimum absolute atomic E-state index is 0.101. The van der Waals surface area contributed by atoms with Gasteiger partial charge in [0, 0.05) is 0 Å². The summed E-state index contributed by atoms with van der Waals surface area (Å²) in [4.78, 5) is 27.0. The summed E-state index contributed by atoms with van der Waals surface area (Å²) in [6, 6.07) is 0. The average molecular weight is 255 g/mol. The number of nitrogens with zero attached hydrogens (tertiary/aromatic N) is 4. The van der Waals surface area contributed by atoms with Gasteiger partial charge < -0.3 is 0 Å². The van der Waals surface area contributed by atoms with Crippen molar-refractivity contribution in [1.82, 2.24) is 19.9 Å². The van der Waals surface area contributed by atoms with E-state index in [1.54, 1.807) is 0 Å². The maximum absolute atomic E-state index is 11.8. The van der Waals surface area contributed by atoms with E-state index in [9.17, 15) is 4.79 Å². The maximum atomic E-state index is 11.8. The van der Waals surface area contributed by atoms with Crippen LogP contribution in [0, 0.1) is 0 Å². The van der Waals surface area contributed by atoms with Gasteiger partial charge in [-0.25, -0.2) is 9.97 Å². The minimum Gasteiger partial charge on any atom is -0.285 e. The Balaban J connectivity index is 2.39. The summed E-state index contributed by atoms with van der Waals surface area (Å²) in [6.45, 7) is 0. The fourth-order valence-electron chi connectivity index (χ4n) is 1.03. The van der Waals surface area contributed by atoms with Crippen molar-refractivity contribution >= 4 is 29.0 Å². The SMILES string of the molecule is O=C(c1cncc(Cl)n1)c1cncc(Cl)n1. The Morgan fingerprint density at radius 2 is 1.31 bits per heavy atom. The second-order valence-electron chi connectivity index (χ2n) is 2.78. The molecule has 0 unspecified atom stereocenters. The van der Waals surface area contributed by atoms with E-state index >= 15 is 0 Å². The van der Waals surface area contributed by atoms with Crippen LogP contribution in [0.2, 0.25) is 10.3 Å². The Morgan fingerprint density at radius 3 is 1.69 bits per heavy atom. The third-order valence-corrected chi connectivity index (χ3v) is 2.04. The molecule has 0 aliphatic rings. The number of aromatic nitrogens is 4. The molecule has 7 heteroatoms. The van der Waals surface area contributed by atoms with Gasteiger partial charge in [0.15, 0.2) is 0 Å². The molecule has 0 saturated carbocycles. The number of carbonyl (C=O) groups is 1. The molecule has 2 aromatic heterocycles. The number of carbonyl (C=O) groups excluding carboxylic acids is 1. The topological polar surface area (TPSA) is 68.6 Å². The second-order valence-corrected chi connectivity index (χ2v) is 3.56. The molecule has 0 fully saturated rings. The smallest absolute Gasteiger partial charge is 0.232 e. The van der Waals surface area contributed by atoms with Crippen molar-refractivity contribution in [1.29, 1.82) is 0 Å². The summed E-state index contributed by atoms with van der Waals surface area (Å²) < 4.78 is 0. The molecule has 2 rings (SSSR count). The van der Waals surface area contributed by atoms with Gasteiger partial charge in [0.25, 0.3) is 0 Å². The van der Waals surface area contributed by atoms with Crippen LogP contribution in [0.25, 0.3) is 0 Å². The molecule has 0 aromatic carbocycles. The highest BCUT2D eigenvalue weighted by molar-refractivity contribution is 6.30. The molecule has 80 valence electrons. The highest BCUT2D eigenvalue weighted by Crippen LogP contribution is 2.09. The number of hydrogen-bond donors (Lipinski definition) is 0. The van der Waals surface area contributed by atoms with E-state index in [1.807, 2.05) is 0 Å². The van der Waals surface area contributed by atoms with E-state index in [1.165, 1.54) is 24.8 Å². The molecule has 2 heterocycles. The Morgan fingerprint density at radius 1 is 0.875 bits per heavy atom. The molecule has 0 radical (unpaired) electrons. The first-order valence-electron chi connectivity index (χ1n) is 4.16. The lowest BCUT2D eigenvalue weighted by atomic mass is 10.2. The zero-order valence-electron chi connectivity index (χ0n) is 7.76. The molecule has 5 nitrogen and oxygen atoms in total. The molecular formula is C9H4Cl2N4O. The Hall–Kier alpha value is -1.59. The molecule has 0 aliphatic heterocycles. The lowest BCUT2D eigenvalue weighted by molar-refractivity contribution is 0.102. The first-order valence-corrected chi connectivity index (χ1v) is 4.92. The molecule has 0 bridgehead atoms. The van der Waals surface area contributed by atoms with Crippen LogP contribution in [0.3, 0.4) is 0 Å². The number of halogens is 2. The third-order valence-electron chi connectivity index (χ3n) is 1.68. The zero-order valence-corrected chi connectivity index (χ0v) is 9.27. The lowest BCUT2D eigenvalue weighted by Crippen LogP contribution is -2.07. The Kier molecular flexibility index (Phi) is 3.07. The summed E-state index contributed by atoms with van der Waals surface area (Å²) in [5.41, 5.74) is 0.202. The van der Waals surface area contributed by atoms with E-state index < -0.39 is 5.78 Å². The highest BCUT2D eigenvalue weighted by Gasteiger charge is 2.13. The van der Waals surface area contributed by atoms with Gasteiger partial charge >= 0.3 is 0 Å². The van der Waals surface area contributed by atoms with Gasteiger partial charge in [0.05, 0.1) is 24.8 Å². The van der Waals surface area contributed by atoms with Gasteiger partial charge in [-0.2, -0.15) is 0 Å². The summed E-state index contributed by atoms with van der Waals surface area (Å²) in [6.07, 6.45) is 5.28. The fraction of sp³-hybridized carbons (Fsp3) is 0. The molecule has 0 N–H and O–H groups in total. The van der Waals surface area contributed by atoms with Crippen LogP contribution in [0.4, 0.5) is 0 Å². The summed E-state index contributed by atoms with van der Waals surface area (Å²) in [5, 5.41) is 0.279. The van der Waals surface area contributed by atoms with E-state index in [0.29, 0.717) is 0 Å². The fourth-order valence-corrected chi connectivity index (χ4v) is 1.33. The van der Waals surface area contributed by atoms with Crippen molar-refractivity contribution in [2.45, 2.75) is 0 Å². The van der Waals surface area contributed by atoms with Gasteiger partial charge in [0.2, 0.25) is 5.78 Å². The van der Waals surface area contributed by atoms with E-state index in [-0.39, 0.29) is 21.7 Å². The molecule has 0 spiro atoms. The maximum Gasteiger partial charge on any atom is 0.232 e. The first-order chi connectivity index (χ1) is 7.66. The number of rotatable bonds is 2. The molecular weight excluding hydrogens is 251 g/mol. The largest absolute Gasteiger partial charge is 0.285 e. The monoisotopic (exact) mass is 254 g/mol. The van der Waals surface area contributed by atoms with Crippen LogP contribution < -0.4 is 0 Å². The highest BCUT2D eigenvalue weighted by atomic mass is 35.5. The van der Waals surface area contributed by atoms with E-state index in [4.69, 9.17) is 23.2 Å². The molecule has 16 heavy (non-hydrogen) atoms. The molecule has 0 saturated heterocycles. The van der Waals surface area contributed by atoms with Crippen LogP contribution in [0.15, 0.2) is 24.8 Å². The summed E-state index contributed by atoms with van der Waals surface area (Å²) >= 11 is 11.2. The van der Waals surface area contributed by atoms with Gasteiger partial charge in [-0.05, 0) is 0 Å².